The summed E-state index contributed by atoms with van der Waals surface area (Å²) in [5, 5.41) is 3.42. The van der Waals surface area contributed by atoms with Crippen LogP contribution in [-0.4, -0.2) is 0 Å². The molecule has 2 aromatic carbocycles. The first-order valence-corrected chi connectivity index (χ1v) is 7.94. The lowest BCUT2D eigenvalue weighted by Gasteiger charge is -2.10. The number of benzene rings is 2. The third-order valence-corrected chi connectivity index (χ3v) is 4.64. The summed E-state index contributed by atoms with van der Waals surface area (Å²) in [5.74, 6) is 0.907. The molecule has 2 aromatic rings. The molecule has 0 aliphatic heterocycles. The molecule has 2 nitrogen and oxygen atoms in total. The van der Waals surface area contributed by atoms with E-state index in [-0.39, 0.29) is 0 Å². The van der Waals surface area contributed by atoms with E-state index in [2.05, 4.69) is 65.2 Å². The van der Waals surface area contributed by atoms with Crippen LogP contribution in [0.15, 0.2) is 36.4 Å². The Morgan fingerprint density at radius 1 is 1.05 bits per heavy atom. The van der Waals surface area contributed by atoms with Crippen LogP contribution < -0.4 is 8.38 Å². The molecule has 0 amide bonds. The van der Waals surface area contributed by atoms with Crippen LogP contribution in [-0.2, 0) is 6.54 Å². The van der Waals surface area contributed by atoms with Gasteiger partial charge in [0.25, 0.3) is 0 Å². The van der Waals surface area contributed by atoms with Crippen molar-refractivity contribution in [2.75, 3.05) is 5.32 Å². The van der Waals surface area contributed by atoms with Crippen LogP contribution in [0, 0.1) is 17.4 Å². The predicted octanol–water partition coefficient (Wildman–Crippen LogP) is 5.25. The van der Waals surface area contributed by atoms with Crippen LogP contribution in [0.25, 0.3) is 0 Å². The monoisotopic (exact) mass is 479 g/mol. The molecular weight excluding hydrogens is 464 g/mol. The molecule has 0 aliphatic carbocycles. The predicted molar refractivity (Wildman–Crippen MR) is 97.0 cm³/mol. The Morgan fingerprint density at radius 3 is 2.47 bits per heavy atom. The van der Waals surface area contributed by atoms with E-state index in [1.165, 1.54) is 14.7 Å². The molecule has 0 aromatic heterocycles. The second-order valence-corrected chi connectivity index (χ2v) is 6.10. The Labute approximate surface area is 141 Å². The maximum absolute atomic E-state index is 5.30. The van der Waals surface area contributed by atoms with Crippen LogP contribution in [0.2, 0.25) is 0 Å². The minimum atomic E-state index is 0.819. The Balaban J connectivity index is 2.07. The summed E-state index contributed by atoms with van der Waals surface area (Å²) in [4.78, 5) is 0. The van der Waals surface area contributed by atoms with Gasteiger partial charge < -0.3 is 8.38 Å². The van der Waals surface area contributed by atoms with Gasteiger partial charge in [-0.1, -0.05) is 18.2 Å². The largest absolute Gasteiger partial charge is 0.427 e. The van der Waals surface area contributed by atoms with Gasteiger partial charge in [-0.05, 0) is 65.3 Å². The number of hydrogen-bond donors (Lipinski definition) is 1. The fourth-order valence-corrected chi connectivity index (χ4v) is 2.80. The van der Waals surface area contributed by atoms with Crippen molar-refractivity contribution in [3.8, 4) is 5.75 Å². The van der Waals surface area contributed by atoms with Crippen molar-refractivity contribution in [1.29, 1.82) is 0 Å². The van der Waals surface area contributed by atoms with Crippen molar-refractivity contribution in [3.05, 3.63) is 56.7 Å². The maximum atomic E-state index is 5.30. The van der Waals surface area contributed by atoms with Gasteiger partial charge in [-0.15, -0.1) is 0 Å². The summed E-state index contributed by atoms with van der Waals surface area (Å²) >= 11 is 4.29. The topological polar surface area (TPSA) is 21.3 Å². The van der Waals surface area contributed by atoms with E-state index in [1.54, 1.807) is 0 Å². The van der Waals surface area contributed by atoms with Gasteiger partial charge in [0.15, 0.2) is 23.0 Å². The number of rotatable bonds is 4. The van der Waals surface area contributed by atoms with Crippen molar-refractivity contribution >= 4 is 51.3 Å². The Bertz CT molecular complexity index is 584. The highest BCUT2D eigenvalue weighted by Gasteiger charge is 2.02. The van der Waals surface area contributed by atoms with Gasteiger partial charge in [-0.3, -0.25) is 0 Å². The van der Waals surface area contributed by atoms with Crippen LogP contribution in [0.4, 0.5) is 5.69 Å². The number of hydrogen-bond acceptors (Lipinski definition) is 2. The lowest BCUT2D eigenvalue weighted by Crippen LogP contribution is -2.00. The SMILES string of the molecule is Cc1ccc(CNc2ccc(C)c(OI)c2)cc1I. The summed E-state index contributed by atoms with van der Waals surface area (Å²) in [6, 6.07) is 12.7. The smallest absolute Gasteiger partial charge is 0.192 e. The summed E-state index contributed by atoms with van der Waals surface area (Å²) in [7, 11) is 0. The molecular formula is C15H15I2NO. The van der Waals surface area contributed by atoms with Gasteiger partial charge in [0.2, 0.25) is 0 Å². The molecule has 0 aliphatic rings. The van der Waals surface area contributed by atoms with Gasteiger partial charge in [0.05, 0.1) is 0 Å². The van der Waals surface area contributed by atoms with Crippen molar-refractivity contribution in [3.63, 3.8) is 0 Å². The molecule has 0 atom stereocenters. The van der Waals surface area contributed by atoms with Gasteiger partial charge >= 0.3 is 0 Å². The molecule has 0 unspecified atom stereocenters. The zero-order valence-corrected chi connectivity index (χ0v) is 15.2. The van der Waals surface area contributed by atoms with Crippen LogP contribution in [0.3, 0.4) is 0 Å². The van der Waals surface area contributed by atoms with E-state index < -0.39 is 0 Å². The molecule has 0 radical (unpaired) electrons. The van der Waals surface area contributed by atoms with Crippen molar-refractivity contribution < 1.29 is 3.07 Å². The average molecular weight is 479 g/mol. The molecule has 0 bridgehead atoms. The molecule has 0 heterocycles. The van der Waals surface area contributed by atoms with Crippen molar-refractivity contribution in [1.82, 2.24) is 0 Å². The standard InChI is InChI=1S/C15H15I2NO/c1-10-3-5-12(7-14(10)16)9-18-13-6-4-11(2)15(8-13)19-17/h3-8,18H,9H2,1-2H3. The van der Waals surface area contributed by atoms with E-state index in [0.29, 0.717) is 0 Å². The maximum Gasteiger partial charge on any atom is 0.192 e. The average Bonchev–Trinajstić information content (AvgIpc) is 2.41. The van der Waals surface area contributed by atoms with Gasteiger partial charge in [0.1, 0.15) is 5.75 Å². The molecule has 19 heavy (non-hydrogen) atoms. The third-order valence-electron chi connectivity index (χ3n) is 3.00. The molecule has 1 N–H and O–H groups in total. The summed E-state index contributed by atoms with van der Waals surface area (Å²) in [5.41, 5.74) is 4.82. The Morgan fingerprint density at radius 2 is 1.79 bits per heavy atom. The number of anilines is 1. The van der Waals surface area contributed by atoms with Crippen LogP contribution in [0.5, 0.6) is 5.75 Å². The third kappa shape index (κ3) is 3.98. The first-order chi connectivity index (χ1) is 9.10. The highest BCUT2D eigenvalue weighted by atomic mass is 127. The summed E-state index contributed by atoms with van der Waals surface area (Å²) in [6.45, 7) is 4.99. The lowest BCUT2D eigenvalue weighted by atomic mass is 10.1. The fraction of sp³-hybridized carbons (Fsp3) is 0.200. The van der Waals surface area contributed by atoms with Gasteiger partial charge in [0, 0.05) is 21.9 Å². The molecule has 0 fully saturated rings. The quantitative estimate of drug-likeness (QED) is 0.606. The molecule has 100 valence electrons. The zero-order valence-electron chi connectivity index (χ0n) is 10.8. The van der Waals surface area contributed by atoms with E-state index in [4.69, 9.17) is 3.07 Å². The number of halogens is 2. The van der Waals surface area contributed by atoms with Crippen LogP contribution >= 0.6 is 45.6 Å². The molecule has 2 rings (SSSR count). The van der Waals surface area contributed by atoms with E-state index >= 15 is 0 Å². The molecule has 0 saturated carbocycles. The highest BCUT2D eigenvalue weighted by Crippen LogP contribution is 2.24. The van der Waals surface area contributed by atoms with Gasteiger partial charge in [-0.2, -0.15) is 0 Å². The summed E-state index contributed by atoms with van der Waals surface area (Å²) in [6.07, 6.45) is 0. The number of aryl methyl sites for hydroxylation is 2. The number of nitrogens with one attached hydrogen (secondary N) is 1. The Hall–Kier alpha value is -0.500. The normalized spacial score (nSPS) is 10.3. The highest BCUT2D eigenvalue weighted by molar-refractivity contribution is 14.1. The fourth-order valence-electron chi connectivity index (χ4n) is 1.74. The van der Waals surface area contributed by atoms with Crippen molar-refractivity contribution in [2.45, 2.75) is 20.4 Å². The van der Waals surface area contributed by atoms with E-state index in [0.717, 1.165) is 23.5 Å². The molecule has 4 heteroatoms. The zero-order chi connectivity index (χ0) is 13.8. The molecule has 0 saturated heterocycles. The Kier molecular flexibility index (Phi) is 5.32. The minimum absolute atomic E-state index is 0.819. The second-order valence-electron chi connectivity index (χ2n) is 4.49. The van der Waals surface area contributed by atoms with E-state index in [9.17, 15) is 0 Å². The van der Waals surface area contributed by atoms with Crippen LogP contribution in [0.1, 0.15) is 16.7 Å². The second kappa shape index (κ2) is 6.78. The van der Waals surface area contributed by atoms with Gasteiger partial charge in [-0.25, -0.2) is 0 Å². The first kappa shape index (κ1) is 14.9. The molecule has 0 spiro atoms. The minimum Gasteiger partial charge on any atom is -0.427 e. The summed E-state index contributed by atoms with van der Waals surface area (Å²) < 4.78 is 6.60. The van der Waals surface area contributed by atoms with Crippen molar-refractivity contribution in [2.24, 2.45) is 0 Å². The lowest BCUT2D eigenvalue weighted by molar-refractivity contribution is 0.709. The van der Waals surface area contributed by atoms with E-state index in [1.807, 2.05) is 36.0 Å². The first-order valence-electron chi connectivity index (χ1n) is 5.98.